The minimum absolute atomic E-state index is 0.00999. The second-order valence-electron chi connectivity index (χ2n) is 5.84. The van der Waals surface area contributed by atoms with Crippen LogP contribution < -0.4 is 4.31 Å². The largest absolute Gasteiger partial charge is 0.468 e. The molecule has 2 aromatic rings. The molecule has 10 nitrogen and oxygen atoms in total. The molecule has 0 heterocycles. The van der Waals surface area contributed by atoms with E-state index < -0.39 is 39.1 Å². The summed E-state index contributed by atoms with van der Waals surface area (Å²) in [6, 6.07) is 8.83. The van der Waals surface area contributed by atoms with Crippen molar-refractivity contribution in [3.05, 3.63) is 63.7 Å². The first kappa shape index (κ1) is 21.8. The van der Waals surface area contributed by atoms with Crippen molar-refractivity contribution in [1.29, 1.82) is 0 Å². The van der Waals surface area contributed by atoms with Gasteiger partial charge in [-0.3, -0.25) is 19.2 Å². The molecule has 0 aliphatic heterocycles. The van der Waals surface area contributed by atoms with Crippen LogP contribution in [0.3, 0.4) is 0 Å². The summed E-state index contributed by atoms with van der Waals surface area (Å²) >= 11 is 0. The number of nitro benzene ring substituents is 1. The molecule has 0 N–H and O–H groups in total. The number of non-ortho nitro benzene ring substituents is 1. The maximum Gasteiger partial charge on any atom is 0.337 e. The van der Waals surface area contributed by atoms with Crippen LogP contribution in [0.2, 0.25) is 0 Å². The molecule has 0 atom stereocenters. The highest BCUT2D eigenvalue weighted by atomic mass is 32.2. The number of hydrogen-bond acceptors (Lipinski definition) is 8. The third kappa shape index (κ3) is 4.69. The van der Waals surface area contributed by atoms with Crippen LogP contribution in [-0.2, 0) is 24.3 Å². The van der Waals surface area contributed by atoms with E-state index in [0.717, 1.165) is 17.5 Å². The lowest BCUT2D eigenvalue weighted by atomic mass is 10.2. The van der Waals surface area contributed by atoms with Crippen LogP contribution in [0.25, 0.3) is 0 Å². The van der Waals surface area contributed by atoms with Crippen molar-refractivity contribution >= 4 is 33.3 Å². The van der Waals surface area contributed by atoms with E-state index in [2.05, 4.69) is 9.47 Å². The number of rotatable bonds is 7. The van der Waals surface area contributed by atoms with Gasteiger partial charge in [0, 0.05) is 12.1 Å². The van der Waals surface area contributed by atoms with Crippen LogP contribution in [0.5, 0.6) is 0 Å². The van der Waals surface area contributed by atoms with E-state index in [1.54, 1.807) is 0 Å². The fourth-order valence-corrected chi connectivity index (χ4v) is 4.15. The van der Waals surface area contributed by atoms with Crippen LogP contribution in [-0.4, -0.2) is 46.0 Å². The molecule has 0 aliphatic rings. The normalized spacial score (nSPS) is 10.9. The molecule has 154 valence electrons. The Morgan fingerprint density at radius 1 is 1.10 bits per heavy atom. The Hall–Kier alpha value is -3.47. The number of aryl methyl sites for hydroxylation is 1. The number of carbonyl (C=O) groups excluding carboxylic acids is 2. The lowest BCUT2D eigenvalue weighted by molar-refractivity contribution is -0.385. The molecular weight excluding hydrogens is 404 g/mol. The van der Waals surface area contributed by atoms with E-state index >= 15 is 0 Å². The molecule has 0 unspecified atom stereocenters. The molecule has 0 amide bonds. The number of methoxy groups -OCH3 is 2. The number of nitro groups is 1. The Kier molecular flexibility index (Phi) is 6.54. The quantitative estimate of drug-likeness (QED) is 0.376. The lowest BCUT2D eigenvalue weighted by Gasteiger charge is -2.24. The third-order valence-electron chi connectivity index (χ3n) is 4.01. The molecule has 11 heteroatoms. The molecule has 0 saturated heterocycles. The smallest absolute Gasteiger partial charge is 0.337 e. The van der Waals surface area contributed by atoms with Gasteiger partial charge in [0.15, 0.2) is 0 Å². The van der Waals surface area contributed by atoms with Gasteiger partial charge in [-0.05, 0) is 30.7 Å². The zero-order valence-corrected chi connectivity index (χ0v) is 16.6. The Morgan fingerprint density at radius 2 is 1.79 bits per heavy atom. The fraction of sp³-hybridized carbons (Fsp3) is 0.222. The molecule has 0 fully saturated rings. The average molecular weight is 422 g/mol. The lowest BCUT2D eigenvalue weighted by Crippen LogP contribution is -2.36. The van der Waals surface area contributed by atoms with Gasteiger partial charge in [0.2, 0.25) is 0 Å². The van der Waals surface area contributed by atoms with E-state index in [1.807, 2.05) is 0 Å². The summed E-state index contributed by atoms with van der Waals surface area (Å²) in [4.78, 5) is 33.7. The highest BCUT2D eigenvalue weighted by Gasteiger charge is 2.31. The van der Waals surface area contributed by atoms with Gasteiger partial charge in [0.1, 0.15) is 6.54 Å². The van der Waals surface area contributed by atoms with Crippen molar-refractivity contribution in [3.8, 4) is 0 Å². The van der Waals surface area contributed by atoms with Gasteiger partial charge in [-0.15, -0.1) is 0 Å². The monoisotopic (exact) mass is 422 g/mol. The Labute approximate surface area is 166 Å². The number of esters is 2. The minimum atomic E-state index is -4.42. The van der Waals surface area contributed by atoms with Crippen molar-refractivity contribution in [2.24, 2.45) is 0 Å². The van der Waals surface area contributed by atoms with Crippen LogP contribution in [0.4, 0.5) is 11.4 Å². The molecule has 0 spiro atoms. The molecule has 29 heavy (non-hydrogen) atoms. The van der Waals surface area contributed by atoms with Crippen LogP contribution in [0.1, 0.15) is 15.9 Å². The van der Waals surface area contributed by atoms with E-state index in [-0.39, 0.29) is 21.7 Å². The van der Waals surface area contributed by atoms with Crippen molar-refractivity contribution in [3.63, 3.8) is 0 Å². The summed E-state index contributed by atoms with van der Waals surface area (Å²) in [6.45, 7) is 0.767. The number of anilines is 1. The topological polar surface area (TPSA) is 133 Å². The summed E-state index contributed by atoms with van der Waals surface area (Å²) in [5.41, 5.74) is -0.125. The van der Waals surface area contributed by atoms with Gasteiger partial charge < -0.3 is 9.47 Å². The van der Waals surface area contributed by atoms with Crippen LogP contribution >= 0.6 is 0 Å². The van der Waals surface area contributed by atoms with Gasteiger partial charge in [0.05, 0.1) is 35.3 Å². The van der Waals surface area contributed by atoms with E-state index in [0.29, 0.717) is 0 Å². The van der Waals surface area contributed by atoms with Gasteiger partial charge in [-0.25, -0.2) is 13.2 Å². The Morgan fingerprint density at radius 3 is 2.38 bits per heavy atom. The summed E-state index contributed by atoms with van der Waals surface area (Å²) in [6.07, 6.45) is 0. The highest BCUT2D eigenvalue weighted by molar-refractivity contribution is 7.93. The maximum atomic E-state index is 13.3. The van der Waals surface area contributed by atoms with Crippen LogP contribution in [0.15, 0.2) is 47.4 Å². The molecule has 0 radical (unpaired) electrons. The SMILES string of the molecule is COC(=O)CN(c1cccc(C(=O)OC)c1)S(=O)(=O)c1cc([N+](=O)[O-])ccc1C. The molecule has 2 aromatic carbocycles. The number of sulfonamides is 1. The first-order valence-electron chi connectivity index (χ1n) is 8.14. The number of benzene rings is 2. The second kappa shape index (κ2) is 8.69. The molecule has 0 bridgehead atoms. The third-order valence-corrected chi connectivity index (χ3v) is 5.92. The zero-order valence-electron chi connectivity index (χ0n) is 15.8. The highest BCUT2D eigenvalue weighted by Crippen LogP contribution is 2.29. The Bertz CT molecular complexity index is 1070. The number of nitrogens with zero attached hydrogens (tertiary/aromatic N) is 2. The molecular formula is C18H18N2O8S. The minimum Gasteiger partial charge on any atom is -0.468 e. The zero-order chi connectivity index (χ0) is 21.8. The van der Waals surface area contributed by atoms with E-state index in [1.165, 1.54) is 50.4 Å². The predicted molar refractivity (Wildman–Crippen MR) is 102 cm³/mol. The first-order valence-corrected chi connectivity index (χ1v) is 9.58. The van der Waals surface area contributed by atoms with Gasteiger partial charge in [-0.2, -0.15) is 0 Å². The first-order chi connectivity index (χ1) is 13.6. The van der Waals surface area contributed by atoms with Crippen molar-refractivity contribution in [1.82, 2.24) is 0 Å². The summed E-state index contributed by atoms with van der Waals surface area (Å²) in [5, 5.41) is 11.1. The van der Waals surface area contributed by atoms with Crippen LogP contribution in [0, 0.1) is 17.0 Å². The van der Waals surface area contributed by atoms with Crippen molar-refractivity contribution in [2.45, 2.75) is 11.8 Å². The Balaban J connectivity index is 2.67. The number of hydrogen-bond donors (Lipinski definition) is 0. The van der Waals surface area contributed by atoms with Gasteiger partial charge in [0.25, 0.3) is 15.7 Å². The van der Waals surface area contributed by atoms with Gasteiger partial charge >= 0.3 is 11.9 Å². The average Bonchev–Trinajstić information content (AvgIpc) is 2.70. The summed E-state index contributed by atoms with van der Waals surface area (Å²) in [5.74, 6) is -1.56. The molecule has 0 aromatic heterocycles. The van der Waals surface area contributed by atoms with Gasteiger partial charge in [-0.1, -0.05) is 12.1 Å². The molecule has 0 aliphatic carbocycles. The molecule has 0 saturated carbocycles. The maximum absolute atomic E-state index is 13.3. The van der Waals surface area contributed by atoms with Crippen molar-refractivity contribution in [2.75, 3.05) is 25.1 Å². The number of ether oxygens (including phenoxy) is 2. The number of carbonyl (C=O) groups is 2. The fourth-order valence-electron chi connectivity index (χ4n) is 2.50. The summed E-state index contributed by atoms with van der Waals surface area (Å²) < 4.78 is 36.6. The predicted octanol–water partition coefficient (Wildman–Crippen LogP) is 2.06. The summed E-state index contributed by atoms with van der Waals surface area (Å²) in [7, 11) is -2.15. The second-order valence-corrected chi connectivity index (χ2v) is 7.67. The van der Waals surface area contributed by atoms with E-state index in [9.17, 15) is 28.1 Å². The molecule has 2 rings (SSSR count). The standard InChI is InChI=1S/C18H18N2O8S/c1-12-7-8-15(20(23)24)10-16(12)29(25,26)19(11-17(21)27-2)14-6-4-5-13(9-14)18(22)28-3/h4-10H,11H2,1-3H3. The van der Waals surface area contributed by atoms with Crippen molar-refractivity contribution < 1.29 is 32.4 Å². The van der Waals surface area contributed by atoms with E-state index in [4.69, 9.17) is 0 Å².